The molecule has 94 heavy (non-hydrogen) atoms. The van der Waals surface area contributed by atoms with Gasteiger partial charge in [0.25, 0.3) is 5.91 Å². The van der Waals surface area contributed by atoms with E-state index in [0.717, 1.165) is 0 Å². The molecular formula is C88H17NOS4. The maximum absolute atomic E-state index is 17.3. The number of thioether (sulfide) groups is 4. The molecule has 1 unspecified atom stereocenters. The Morgan fingerprint density at radius 3 is 0.947 bits per heavy atom. The van der Waals surface area contributed by atoms with Gasteiger partial charge in [-0.1, -0.05) is 89.5 Å². The predicted molar refractivity (Wildman–Crippen MR) is 405 cm³/mol. The molecule has 5 aliphatic carbocycles. The minimum Gasteiger partial charge on any atom is -0.328 e. The third kappa shape index (κ3) is 2.55. The van der Waals surface area contributed by atoms with Crippen molar-refractivity contribution in [1.82, 2.24) is 4.90 Å². The topological polar surface area (TPSA) is 20.3 Å². The largest absolute Gasteiger partial charge is 0.328 e. The molecule has 31 aromatic carbocycles. The van der Waals surface area contributed by atoms with Crippen LogP contribution in [0, 0.1) is 0 Å². The molecule has 39 rings (SSSR count). The molecule has 404 valence electrons. The molecule has 3 heterocycles. The fourth-order valence-electron chi connectivity index (χ4n) is 29.5. The first-order valence-corrected chi connectivity index (χ1v) is 37.2. The summed E-state index contributed by atoms with van der Waals surface area (Å²) in [6.07, 6.45) is 6.14. The van der Waals surface area contributed by atoms with E-state index < -0.39 is 10.8 Å². The standard InChI is InChI=1S/C88H17NOS4/c90-84(17-5-1-2-6-17)89-16-87-79-71-63-53-43-35-27-25-26-29-33-31(27)39-47-41(33)51-45-37(29)38-30(26)34-32-28(25)36(35)44-50-40(32)48-42(34)52-46(38)56-55(45)67-61(51)69-59(47)65(57(63)49(39)43)73(79)75(69)81-77(67)78-68(56)62(52)70-60(48)66-58(50)64(54(44)53)72(71)80(87)74(66)76(70)82(78)88(81,87)83(89)18-9-10-21-22(15-18)24(86-93-13-14-94-86)20-8-4-3-7-19(20)23(21)85-91-11-12-92-85/h1-5,7-15,83H,16H2. The molecule has 31 aromatic rings. The average molecular weight is 1230 g/mol. The molecule has 0 aromatic heterocycles. The van der Waals surface area contributed by atoms with E-state index in [2.05, 4.69) is 86.9 Å². The van der Waals surface area contributed by atoms with Crippen LogP contribution in [0.25, 0.3) is 321 Å². The van der Waals surface area contributed by atoms with Crippen LogP contribution in [0.3, 0.4) is 0 Å². The van der Waals surface area contributed by atoms with Crippen LogP contribution < -0.4 is 10.4 Å². The molecule has 1 fully saturated rings. The van der Waals surface area contributed by atoms with Gasteiger partial charge in [-0.3, -0.25) is 4.79 Å². The van der Waals surface area contributed by atoms with Gasteiger partial charge in [0.05, 0.1) is 30.9 Å². The van der Waals surface area contributed by atoms with Crippen LogP contribution >= 0.6 is 47.0 Å². The van der Waals surface area contributed by atoms with Crippen molar-refractivity contribution in [3.05, 3.63) is 132 Å². The molecule has 3 aliphatic heterocycles. The lowest BCUT2D eigenvalue weighted by Gasteiger charge is -2.51. The summed E-state index contributed by atoms with van der Waals surface area (Å²) >= 11 is 7.49. The van der Waals surface area contributed by atoms with Crippen LogP contribution in [0.1, 0.15) is 33.9 Å². The second-order valence-corrected chi connectivity index (χ2v) is 35.8. The quantitative estimate of drug-likeness (QED) is 0.0974. The number of carbonyl (C=O) groups is 1. The van der Waals surface area contributed by atoms with Crippen molar-refractivity contribution in [1.29, 1.82) is 0 Å². The van der Waals surface area contributed by atoms with Crippen LogP contribution in [0.5, 0.6) is 0 Å². The Morgan fingerprint density at radius 1 is 0.351 bits per heavy atom. The van der Waals surface area contributed by atoms with Gasteiger partial charge in [-0.05, 0) is 380 Å². The summed E-state index contributed by atoms with van der Waals surface area (Å²) in [6, 6.07) is 16.7. The Balaban J connectivity index is 0.898. The SMILES string of the molecule is O=C(C1=C=CC=C1)N1CC23c4c5c6c7c8c9c(c%10c%11c2c2c4c4c%12c5c5c6c6c8c8c%13c9c9c%10c%10c%11c%11c2c2c4c4c%12c%12c5c5c6c8c6c8c%13c9c9c%10c%10c%11c2c2c4c4c%12c5c6c5c8c9c%10c2c45)C73C1c1ccc2c(=C3SC=CS3)c3ccccc3c(=C3SC=CS3)c2c1. The number of carbonyl (C=O) groups excluding carboxylic acids is 1. The second-order valence-electron chi connectivity index (χ2n) is 31.6. The number of allylic oxidation sites excluding steroid dienone is 1. The Bertz CT molecular complexity index is 9220. The highest BCUT2D eigenvalue weighted by atomic mass is 32.2. The van der Waals surface area contributed by atoms with Gasteiger partial charge in [0, 0.05) is 17.0 Å². The van der Waals surface area contributed by atoms with Crippen molar-refractivity contribution in [3.8, 4) is 0 Å². The summed E-state index contributed by atoms with van der Waals surface area (Å²) in [5.41, 5.74) is 10.6. The second kappa shape index (κ2) is 10.1. The zero-order valence-corrected chi connectivity index (χ0v) is 51.1. The third-order valence-corrected chi connectivity index (χ3v) is 34.6. The molecule has 2 nitrogen and oxygen atoms in total. The van der Waals surface area contributed by atoms with Gasteiger partial charge in [0.2, 0.25) is 0 Å². The van der Waals surface area contributed by atoms with Crippen LogP contribution in [0.2, 0.25) is 0 Å². The van der Waals surface area contributed by atoms with Crippen LogP contribution in [-0.2, 0) is 15.6 Å². The fraction of sp³-hybridized carbons (Fsp3) is 0.0455. The number of amides is 1. The molecule has 8 aliphatic rings. The monoisotopic (exact) mass is 1230 g/mol. The number of hydrogen-bond donors (Lipinski definition) is 0. The van der Waals surface area contributed by atoms with Crippen LogP contribution in [-0.4, -0.2) is 17.4 Å². The van der Waals surface area contributed by atoms with Crippen molar-refractivity contribution < 1.29 is 4.79 Å². The molecule has 1 saturated heterocycles. The molecule has 0 radical (unpaired) electrons. The van der Waals surface area contributed by atoms with E-state index in [-0.39, 0.29) is 11.9 Å². The van der Waals surface area contributed by atoms with Crippen molar-refractivity contribution in [2.45, 2.75) is 16.9 Å². The molecule has 0 saturated carbocycles. The Labute approximate surface area is 534 Å². The maximum Gasteiger partial charge on any atom is 0.262 e. The summed E-state index contributed by atoms with van der Waals surface area (Å²) in [7, 11) is 0. The minimum absolute atomic E-state index is 0.117. The first kappa shape index (κ1) is 39.5. The minimum atomic E-state index is -0.727. The Kier molecular flexibility index (Phi) is 4.25. The van der Waals surface area contributed by atoms with E-state index in [9.17, 15) is 0 Å². The third-order valence-electron chi connectivity index (χ3n) is 30.4. The first-order chi connectivity index (χ1) is 46.8. The molecule has 1 amide bonds. The summed E-state index contributed by atoms with van der Waals surface area (Å²) in [5.74, 6) is 0.117. The molecule has 2 spiro atoms. The normalized spacial score (nSPS) is 22.6. The number of nitrogens with zero attached hydrogens (tertiary/aromatic N) is 1. The van der Waals surface area contributed by atoms with Gasteiger partial charge in [-0.2, -0.15) is 0 Å². The van der Waals surface area contributed by atoms with Crippen molar-refractivity contribution in [2.75, 3.05) is 6.54 Å². The summed E-state index contributed by atoms with van der Waals surface area (Å²) < 4.78 is 2.66. The highest BCUT2D eigenvalue weighted by Gasteiger charge is 2.77. The van der Waals surface area contributed by atoms with Gasteiger partial charge < -0.3 is 4.90 Å². The number of rotatable bonds is 2. The van der Waals surface area contributed by atoms with E-state index in [1.807, 2.05) is 53.1 Å². The van der Waals surface area contributed by atoms with Crippen LogP contribution in [0.4, 0.5) is 0 Å². The molecule has 1 atom stereocenters. The number of benzene rings is 21. The maximum atomic E-state index is 17.3. The lowest BCUT2D eigenvalue weighted by molar-refractivity contribution is -0.128. The zero-order chi connectivity index (χ0) is 57.1. The first-order valence-electron chi connectivity index (χ1n) is 33.7. The molecule has 0 bridgehead atoms. The summed E-state index contributed by atoms with van der Waals surface area (Å²) in [6.45, 7) is 0.600. The van der Waals surface area contributed by atoms with Gasteiger partial charge >= 0.3 is 0 Å². The van der Waals surface area contributed by atoms with Gasteiger partial charge in [-0.25, -0.2) is 0 Å². The van der Waals surface area contributed by atoms with Gasteiger partial charge in [0.1, 0.15) is 0 Å². The van der Waals surface area contributed by atoms with E-state index in [0.29, 0.717) is 12.1 Å². The van der Waals surface area contributed by atoms with Gasteiger partial charge in [0.15, 0.2) is 0 Å². The molecular weight excluding hydrogens is 1220 g/mol. The highest BCUT2D eigenvalue weighted by Crippen LogP contribution is 2.87. The van der Waals surface area contributed by atoms with E-state index in [1.165, 1.54) is 46.0 Å². The number of likely N-dealkylation sites (tertiary alicyclic amines) is 1. The summed E-state index contributed by atoms with van der Waals surface area (Å²) in [4.78, 5) is 19.9. The van der Waals surface area contributed by atoms with Crippen molar-refractivity contribution >= 4 is 374 Å². The smallest absolute Gasteiger partial charge is 0.262 e. The van der Waals surface area contributed by atoms with Crippen LogP contribution in [0.15, 0.2) is 93.6 Å². The lowest BCUT2D eigenvalue weighted by Crippen LogP contribution is -2.52. The lowest BCUT2D eigenvalue weighted by atomic mass is 9.47. The van der Waals surface area contributed by atoms with E-state index >= 15 is 4.79 Å². The fourth-order valence-corrected chi connectivity index (χ4v) is 33.4. The zero-order valence-electron chi connectivity index (χ0n) is 47.9. The highest BCUT2D eigenvalue weighted by molar-refractivity contribution is 8.35. The van der Waals surface area contributed by atoms with E-state index in [1.54, 1.807) is 313 Å². The number of fused-ring (bicyclic) bond motifs is 2. The van der Waals surface area contributed by atoms with Crippen molar-refractivity contribution in [2.24, 2.45) is 0 Å². The Hall–Kier alpha value is -10.0. The molecule has 6 heteroatoms. The van der Waals surface area contributed by atoms with Crippen molar-refractivity contribution in [3.63, 3.8) is 0 Å². The van der Waals surface area contributed by atoms with E-state index in [4.69, 9.17) is 0 Å². The average Bonchev–Trinajstić information content (AvgIpc) is 1.38. The Morgan fingerprint density at radius 2 is 0.638 bits per heavy atom. The predicted octanol–water partition coefficient (Wildman–Crippen LogP) is 22.9. The molecule has 0 N–H and O–H groups in total. The number of hydrogen-bond acceptors (Lipinski definition) is 5. The summed E-state index contributed by atoms with van der Waals surface area (Å²) in [5, 5.41) is 103. The van der Waals surface area contributed by atoms with Gasteiger partial charge in [-0.15, -0.1) is 5.73 Å².